The topological polar surface area (TPSA) is 63.5 Å². The number of aromatic nitrogens is 2. The van der Waals surface area contributed by atoms with Gasteiger partial charge in [-0.15, -0.1) is 9.25 Å². The van der Waals surface area contributed by atoms with Gasteiger partial charge >= 0.3 is 7.82 Å². The summed E-state index contributed by atoms with van der Waals surface area (Å²) in [6, 6.07) is 10.2. The van der Waals surface area contributed by atoms with Crippen molar-refractivity contribution in [1.82, 2.24) is 0 Å². The van der Waals surface area contributed by atoms with E-state index < -0.39 is 7.82 Å². The van der Waals surface area contributed by atoms with Gasteiger partial charge in [-0.05, 0) is 0 Å². The molecule has 2 aromatic rings. The Morgan fingerprint density at radius 2 is 1.12 bits per heavy atom. The minimum absolute atomic E-state index is 1.10. The lowest BCUT2D eigenvalue weighted by molar-refractivity contribution is -0.888. The first-order valence-corrected chi connectivity index (χ1v) is 6.31. The van der Waals surface area contributed by atoms with Crippen LogP contribution in [0.25, 0.3) is 0 Å². The van der Waals surface area contributed by atoms with Crippen molar-refractivity contribution in [3.8, 4) is 0 Å². The van der Waals surface area contributed by atoms with E-state index in [9.17, 15) is 9.46 Å². The summed E-state index contributed by atoms with van der Waals surface area (Å²) in [5, 5.41) is 0. The van der Waals surface area contributed by atoms with Gasteiger partial charge in [-0.3, -0.25) is 4.89 Å². The summed E-state index contributed by atoms with van der Waals surface area (Å²) in [5.74, 6) is 0. The third kappa shape index (κ3) is 3.55. The molecule has 0 aliphatic heterocycles. The highest BCUT2D eigenvalue weighted by atomic mass is 31.2. The first-order chi connectivity index (χ1) is 8.16. The second-order valence-corrected chi connectivity index (χ2v) is 4.37. The Bertz CT molecular complexity index is 475. The van der Waals surface area contributed by atoms with Gasteiger partial charge in [-0.1, -0.05) is 12.1 Å². The molecule has 2 aromatic heterocycles. The van der Waals surface area contributed by atoms with Crippen LogP contribution in [0.5, 0.6) is 0 Å². The van der Waals surface area contributed by atoms with Gasteiger partial charge in [0.25, 0.3) is 0 Å². The molecule has 0 aromatic carbocycles. The molecule has 17 heavy (non-hydrogen) atoms. The number of nitrogens with zero attached hydrogens (tertiary/aromatic N) is 2. The molecule has 1 N–H and O–H groups in total. The Hall–Kier alpha value is -1.91. The lowest BCUT2D eigenvalue weighted by Gasteiger charge is -2.01. The summed E-state index contributed by atoms with van der Waals surface area (Å²) in [6.45, 7) is 0. The average Bonchev–Trinajstić information content (AvgIpc) is 2.30. The van der Waals surface area contributed by atoms with E-state index in [4.69, 9.17) is 9.25 Å². The van der Waals surface area contributed by atoms with Gasteiger partial charge in [0.05, 0.1) is 0 Å². The van der Waals surface area contributed by atoms with Crippen molar-refractivity contribution in [3.63, 3.8) is 0 Å². The maximum Gasteiger partial charge on any atom is 0.690 e. The Morgan fingerprint density at radius 3 is 1.47 bits per heavy atom. The zero-order chi connectivity index (χ0) is 12.1. The van der Waals surface area contributed by atoms with E-state index in [1.807, 2.05) is 0 Å². The minimum atomic E-state index is -4.21. The summed E-state index contributed by atoms with van der Waals surface area (Å²) in [6.07, 6.45) is 5.95. The first kappa shape index (κ1) is 11.6. The number of pyridine rings is 2. The summed E-state index contributed by atoms with van der Waals surface area (Å²) >= 11 is 0. The average molecular weight is 254 g/mol. The van der Waals surface area contributed by atoms with Gasteiger partial charge in [0.1, 0.15) is 0 Å². The van der Waals surface area contributed by atoms with E-state index in [1.54, 1.807) is 36.4 Å². The zero-order valence-corrected chi connectivity index (χ0v) is 9.68. The molecule has 0 bridgehead atoms. The van der Waals surface area contributed by atoms with Crippen LogP contribution >= 0.6 is 7.82 Å². The van der Waals surface area contributed by atoms with E-state index in [0.29, 0.717) is 0 Å². The van der Waals surface area contributed by atoms with Crippen LogP contribution in [-0.4, -0.2) is 4.89 Å². The Balaban J connectivity index is 2.07. The van der Waals surface area contributed by atoms with Crippen LogP contribution < -0.4 is 18.7 Å². The maximum atomic E-state index is 11.6. The van der Waals surface area contributed by atoms with Gasteiger partial charge < -0.3 is 0 Å². The number of hydrogen-bond donors (Lipinski definition) is 1. The van der Waals surface area contributed by atoms with E-state index in [2.05, 4.69) is 0 Å². The summed E-state index contributed by atoms with van der Waals surface area (Å²) in [7, 11) is -4.21. The fourth-order valence-corrected chi connectivity index (χ4v) is 1.85. The van der Waals surface area contributed by atoms with Crippen molar-refractivity contribution >= 4 is 7.82 Å². The van der Waals surface area contributed by atoms with Crippen molar-refractivity contribution < 1.29 is 28.2 Å². The summed E-state index contributed by atoms with van der Waals surface area (Å²) in [4.78, 5) is 9.49. The molecule has 0 saturated carbocycles. The predicted octanol–water partition coefficient (Wildman–Crippen LogP) is -0.0806. The molecule has 2 heterocycles. The number of phosphoric acid groups is 1. The van der Waals surface area contributed by atoms with Gasteiger partial charge in [0.2, 0.25) is 24.8 Å². The molecular weight excluding hydrogens is 243 g/mol. The highest BCUT2D eigenvalue weighted by Gasteiger charge is 2.35. The van der Waals surface area contributed by atoms with E-state index in [-0.39, 0.29) is 0 Å². The van der Waals surface area contributed by atoms with Crippen LogP contribution in [0.3, 0.4) is 0 Å². The highest BCUT2D eigenvalue weighted by Crippen LogP contribution is 2.31. The molecule has 0 aliphatic carbocycles. The van der Waals surface area contributed by atoms with E-state index in [0.717, 1.165) is 9.46 Å². The van der Waals surface area contributed by atoms with Crippen LogP contribution in [0.1, 0.15) is 0 Å². The fraction of sp³-hybridized carbons (Fsp3) is 0. The van der Waals surface area contributed by atoms with Crippen molar-refractivity contribution in [3.05, 3.63) is 61.2 Å². The molecule has 7 heteroatoms. The molecule has 0 radical (unpaired) electrons. The second kappa shape index (κ2) is 4.95. The monoisotopic (exact) mass is 254 g/mol. The molecule has 0 unspecified atom stereocenters. The van der Waals surface area contributed by atoms with Crippen molar-refractivity contribution in [1.29, 1.82) is 0 Å². The standard InChI is InChI=1S/C10H10N2O4P/c13-17(14,15-11-7-3-1-4-8-11)16-12-9-5-2-6-10-12/h1-10H/q+1/p+1. The van der Waals surface area contributed by atoms with E-state index in [1.165, 1.54) is 24.8 Å². The molecule has 0 aliphatic rings. The summed E-state index contributed by atoms with van der Waals surface area (Å²) < 4.78 is 23.4. The van der Waals surface area contributed by atoms with Gasteiger partial charge in [-0.2, -0.15) is 4.57 Å². The zero-order valence-electron chi connectivity index (χ0n) is 8.79. The summed E-state index contributed by atoms with van der Waals surface area (Å²) in [5.41, 5.74) is 0. The molecule has 6 nitrogen and oxygen atoms in total. The van der Waals surface area contributed by atoms with Crippen LogP contribution in [0.4, 0.5) is 0 Å². The maximum absolute atomic E-state index is 11.6. The number of rotatable bonds is 4. The van der Waals surface area contributed by atoms with Crippen LogP contribution in [-0.2, 0) is 4.57 Å². The lowest BCUT2D eigenvalue weighted by atomic mass is 10.5. The lowest BCUT2D eigenvalue weighted by Crippen LogP contribution is -2.47. The molecule has 0 fully saturated rings. The third-order valence-corrected chi connectivity index (χ3v) is 2.56. The van der Waals surface area contributed by atoms with Gasteiger partial charge in [0.15, 0.2) is 0 Å². The van der Waals surface area contributed by atoms with Crippen molar-refractivity contribution in [2.45, 2.75) is 0 Å². The molecule has 0 amide bonds. The minimum Gasteiger partial charge on any atom is -0.276 e. The first-order valence-electron chi connectivity index (χ1n) is 4.81. The Labute approximate surface area is 97.8 Å². The largest absolute Gasteiger partial charge is 0.690 e. The smallest absolute Gasteiger partial charge is 0.276 e. The molecular formula is C10H11N2O4P+2. The normalized spacial score (nSPS) is 10.9. The SMILES string of the molecule is O=P(O)(O[n+]1ccccc1)O[n+]1ccccc1. The molecule has 88 valence electrons. The van der Waals surface area contributed by atoms with Crippen molar-refractivity contribution in [2.75, 3.05) is 0 Å². The third-order valence-electron chi connectivity index (χ3n) is 1.77. The fourth-order valence-electron chi connectivity index (χ4n) is 1.13. The second-order valence-electron chi connectivity index (χ2n) is 3.10. The Kier molecular flexibility index (Phi) is 3.37. The highest BCUT2D eigenvalue weighted by molar-refractivity contribution is 7.47. The molecule has 0 spiro atoms. The van der Waals surface area contributed by atoms with E-state index >= 15 is 0 Å². The van der Waals surface area contributed by atoms with Crippen molar-refractivity contribution in [2.24, 2.45) is 0 Å². The quantitative estimate of drug-likeness (QED) is 0.612. The van der Waals surface area contributed by atoms with Gasteiger partial charge in [-0.25, -0.2) is 0 Å². The molecule has 2 rings (SSSR count). The van der Waals surface area contributed by atoms with Gasteiger partial charge in [0, 0.05) is 33.7 Å². The number of hydrogen-bond acceptors (Lipinski definition) is 3. The van der Waals surface area contributed by atoms with Crippen LogP contribution in [0, 0.1) is 0 Å². The molecule has 0 atom stereocenters. The molecule has 0 saturated heterocycles. The van der Waals surface area contributed by atoms with Crippen LogP contribution in [0.15, 0.2) is 61.2 Å². The predicted molar refractivity (Wildman–Crippen MR) is 56.3 cm³/mol. The van der Waals surface area contributed by atoms with Crippen LogP contribution in [0.2, 0.25) is 0 Å². The Morgan fingerprint density at radius 1 is 0.765 bits per heavy atom.